The van der Waals surface area contributed by atoms with E-state index in [4.69, 9.17) is 5.73 Å². The van der Waals surface area contributed by atoms with Crippen LogP contribution in [0.2, 0.25) is 0 Å². The van der Waals surface area contributed by atoms with Crippen molar-refractivity contribution in [1.29, 1.82) is 0 Å². The third-order valence-corrected chi connectivity index (χ3v) is 1.78. The van der Waals surface area contributed by atoms with Crippen molar-refractivity contribution in [2.45, 2.75) is 20.3 Å². The van der Waals surface area contributed by atoms with E-state index in [1.165, 1.54) is 0 Å². The Morgan fingerprint density at radius 2 is 1.58 bits per heavy atom. The molecule has 12 heavy (non-hydrogen) atoms. The topological polar surface area (TPSA) is 26.0 Å². The fourth-order valence-corrected chi connectivity index (χ4v) is 1.17. The highest BCUT2D eigenvalue weighted by molar-refractivity contribution is 5.55. The van der Waals surface area contributed by atoms with E-state index in [-0.39, 0.29) is 5.69 Å². The minimum Gasteiger partial charge on any atom is -0.398 e. The average Bonchev–Trinajstić information content (AvgIpc) is 2.08. The molecule has 0 atom stereocenters. The van der Waals surface area contributed by atoms with Gasteiger partial charge in [-0.25, -0.2) is 8.78 Å². The van der Waals surface area contributed by atoms with Gasteiger partial charge < -0.3 is 5.73 Å². The van der Waals surface area contributed by atoms with Gasteiger partial charge in [0.05, 0.1) is 0 Å². The summed E-state index contributed by atoms with van der Waals surface area (Å²) in [6.07, 6.45) is 0. The first-order chi connectivity index (χ1) is 5.69. The number of aryl methyl sites for hydroxylation is 1. The number of halogens is 2. The number of hydrogen-bond acceptors (Lipinski definition) is 1. The van der Waals surface area contributed by atoms with Crippen LogP contribution in [0.3, 0.4) is 0 Å². The molecule has 0 heterocycles. The van der Waals surface area contributed by atoms with Crippen LogP contribution in [-0.2, 0) is 13.3 Å². The minimum atomic E-state index is -0.638. The summed E-state index contributed by atoms with van der Waals surface area (Å²) in [5, 5.41) is 0. The van der Waals surface area contributed by atoms with Crippen LogP contribution >= 0.6 is 0 Å². The molecule has 0 fully saturated rings. The summed E-state index contributed by atoms with van der Waals surface area (Å²) in [5.74, 6) is 0. The van der Waals surface area contributed by atoms with Gasteiger partial charge in [-0.2, -0.15) is 0 Å². The summed E-state index contributed by atoms with van der Waals surface area (Å²) < 4.78 is 24.6. The monoisotopic (exact) mass is 171 g/mol. The summed E-state index contributed by atoms with van der Waals surface area (Å²) in [7, 11) is 0. The normalized spacial score (nSPS) is 10.2. The lowest BCUT2D eigenvalue weighted by Gasteiger charge is -2.07. The summed E-state index contributed by atoms with van der Waals surface area (Å²) in [6.45, 7) is 0.513. The average molecular weight is 171 g/mol. The van der Waals surface area contributed by atoms with E-state index < -0.39 is 13.3 Å². The molecule has 0 bridgehead atoms. The van der Waals surface area contributed by atoms with Crippen molar-refractivity contribution in [3.63, 3.8) is 0 Å². The Hall–Kier alpha value is -1.12. The van der Waals surface area contributed by atoms with Gasteiger partial charge in [0.1, 0.15) is 13.3 Å². The van der Waals surface area contributed by atoms with E-state index in [2.05, 4.69) is 0 Å². The van der Waals surface area contributed by atoms with E-state index in [1.54, 1.807) is 19.1 Å². The Bertz CT molecular complexity index is 259. The Kier molecular flexibility index (Phi) is 2.63. The van der Waals surface area contributed by atoms with Crippen LogP contribution in [-0.4, -0.2) is 0 Å². The van der Waals surface area contributed by atoms with E-state index in [9.17, 15) is 8.78 Å². The molecule has 2 N–H and O–H groups in total. The van der Waals surface area contributed by atoms with Crippen molar-refractivity contribution >= 4 is 5.69 Å². The highest BCUT2D eigenvalue weighted by atomic mass is 19.1. The lowest BCUT2D eigenvalue weighted by Crippen LogP contribution is -1.98. The van der Waals surface area contributed by atoms with Crippen molar-refractivity contribution in [2.24, 2.45) is 0 Å². The van der Waals surface area contributed by atoms with Crippen LogP contribution in [0.15, 0.2) is 12.1 Å². The maximum Gasteiger partial charge on any atom is 0.117 e. The molecule has 1 aromatic carbocycles. The van der Waals surface area contributed by atoms with Crippen LogP contribution in [0.25, 0.3) is 0 Å². The van der Waals surface area contributed by atoms with E-state index in [1.807, 2.05) is 0 Å². The first-order valence-corrected chi connectivity index (χ1v) is 3.69. The fourth-order valence-electron chi connectivity index (χ4n) is 1.17. The second-order valence-corrected chi connectivity index (χ2v) is 2.76. The minimum absolute atomic E-state index is 0.241. The van der Waals surface area contributed by atoms with Gasteiger partial charge in [-0.1, -0.05) is 17.7 Å². The molecule has 0 aliphatic rings. The molecular weight excluding hydrogens is 160 g/mol. The third-order valence-electron chi connectivity index (χ3n) is 1.78. The van der Waals surface area contributed by atoms with Crippen molar-refractivity contribution < 1.29 is 8.78 Å². The molecule has 1 aromatic rings. The van der Waals surface area contributed by atoms with Gasteiger partial charge in [-0.3, -0.25) is 0 Å². The predicted molar refractivity (Wildman–Crippen MR) is 45.2 cm³/mol. The first kappa shape index (κ1) is 8.97. The quantitative estimate of drug-likeness (QED) is 0.680. The number of nitrogens with two attached hydrogens (primary N) is 1. The van der Waals surface area contributed by atoms with Gasteiger partial charge in [-0.15, -0.1) is 0 Å². The van der Waals surface area contributed by atoms with Crippen LogP contribution < -0.4 is 5.73 Å². The van der Waals surface area contributed by atoms with E-state index in [0.717, 1.165) is 5.56 Å². The van der Waals surface area contributed by atoms with Crippen molar-refractivity contribution in [1.82, 2.24) is 0 Å². The SMILES string of the molecule is Cc1cc(CF)c(N)c(CF)c1. The van der Waals surface area contributed by atoms with Crippen LogP contribution in [0.1, 0.15) is 16.7 Å². The van der Waals surface area contributed by atoms with Crippen molar-refractivity contribution in [2.75, 3.05) is 5.73 Å². The van der Waals surface area contributed by atoms with Gasteiger partial charge in [0.15, 0.2) is 0 Å². The molecule has 0 unspecified atom stereocenters. The maximum absolute atomic E-state index is 12.3. The van der Waals surface area contributed by atoms with Crippen LogP contribution in [0, 0.1) is 6.92 Å². The van der Waals surface area contributed by atoms with Gasteiger partial charge in [-0.05, 0) is 6.92 Å². The Morgan fingerprint density at radius 3 is 1.92 bits per heavy atom. The zero-order valence-corrected chi connectivity index (χ0v) is 6.90. The standard InChI is InChI=1S/C9H11F2N/c1-6-2-7(4-10)9(12)8(3-6)5-11/h2-3H,4-5,12H2,1H3. The first-order valence-electron chi connectivity index (χ1n) is 3.69. The molecule has 0 radical (unpaired) electrons. The number of nitrogen functional groups attached to an aromatic ring is 1. The Labute approximate surface area is 70.2 Å². The Morgan fingerprint density at radius 1 is 1.17 bits per heavy atom. The molecule has 1 nitrogen and oxygen atoms in total. The summed E-state index contributed by atoms with van der Waals surface area (Å²) in [5.41, 5.74) is 7.33. The van der Waals surface area contributed by atoms with Crippen molar-refractivity contribution in [3.8, 4) is 0 Å². The molecule has 3 heteroatoms. The molecule has 1 rings (SSSR count). The second-order valence-electron chi connectivity index (χ2n) is 2.76. The molecule has 0 aliphatic carbocycles. The van der Waals surface area contributed by atoms with Crippen molar-refractivity contribution in [3.05, 3.63) is 28.8 Å². The van der Waals surface area contributed by atoms with E-state index >= 15 is 0 Å². The molecule has 0 spiro atoms. The van der Waals surface area contributed by atoms with Gasteiger partial charge in [0, 0.05) is 16.8 Å². The highest BCUT2D eigenvalue weighted by Crippen LogP contribution is 2.21. The summed E-state index contributed by atoms with van der Waals surface area (Å²) in [6, 6.07) is 3.27. The third kappa shape index (κ3) is 1.55. The Balaban J connectivity index is 3.22. The van der Waals surface area contributed by atoms with Gasteiger partial charge in [0.2, 0.25) is 0 Å². The predicted octanol–water partition coefficient (Wildman–Crippen LogP) is 2.52. The van der Waals surface area contributed by atoms with E-state index in [0.29, 0.717) is 11.1 Å². The number of alkyl halides is 2. The van der Waals surface area contributed by atoms with Gasteiger partial charge >= 0.3 is 0 Å². The summed E-state index contributed by atoms with van der Waals surface area (Å²) in [4.78, 5) is 0. The molecule has 0 saturated heterocycles. The molecule has 0 amide bonds. The highest BCUT2D eigenvalue weighted by Gasteiger charge is 2.05. The number of rotatable bonds is 2. The second kappa shape index (κ2) is 3.52. The number of hydrogen-bond donors (Lipinski definition) is 1. The maximum atomic E-state index is 12.3. The van der Waals surface area contributed by atoms with Crippen LogP contribution in [0.4, 0.5) is 14.5 Å². The zero-order chi connectivity index (χ0) is 9.14. The lowest BCUT2D eigenvalue weighted by atomic mass is 10.1. The lowest BCUT2D eigenvalue weighted by molar-refractivity contribution is 0.477. The smallest absolute Gasteiger partial charge is 0.117 e. The molecule has 0 saturated carbocycles. The van der Waals surface area contributed by atoms with Gasteiger partial charge in [0.25, 0.3) is 0 Å². The molecule has 0 aromatic heterocycles. The fraction of sp³-hybridized carbons (Fsp3) is 0.333. The number of anilines is 1. The molecular formula is C9H11F2N. The molecule has 0 aliphatic heterocycles. The van der Waals surface area contributed by atoms with Crippen LogP contribution in [0.5, 0.6) is 0 Å². The largest absolute Gasteiger partial charge is 0.398 e. The summed E-state index contributed by atoms with van der Waals surface area (Å²) >= 11 is 0. The zero-order valence-electron chi connectivity index (χ0n) is 6.90. The molecule has 66 valence electrons. The number of benzene rings is 1.